The second kappa shape index (κ2) is 2.10. The van der Waals surface area contributed by atoms with Crippen LogP contribution in [-0.2, 0) is 0 Å². The number of rotatable bonds is 1. The van der Waals surface area contributed by atoms with E-state index in [1.165, 1.54) is 0 Å². The van der Waals surface area contributed by atoms with Crippen molar-refractivity contribution in [3.63, 3.8) is 0 Å². The number of nitrogen functional groups attached to an aromatic ring is 1. The highest BCUT2D eigenvalue weighted by Crippen LogP contribution is 2.01. The van der Waals surface area contributed by atoms with E-state index in [1.54, 1.807) is 0 Å². The Balaban J connectivity index is 2.84. The Bertz CT molecular complexity index is 171. The highest BCUT2D eigenvalue weighted by Gasteiger charge is 1.93. The van der Waals surface area contributed by atoms with Crippen molar-refractivity contribution < 1.29 is 0 Å². The molecule has 0 aromatic carbocycles. The smallest absolute Gasteiger partial charge is 0.257 e. The van der Waals surface area contributed by atoms with E-state index in [0.717, 1.165) is 0 Å². The van der Waals surface area contributed by atoms with E-state index in [-0.39, 0.29) is 0 Å². The lowest BCUT2D eigenvalue weighted by Crippen LogP contribution is -2.07. The molecule has 0 saturated heterocycles. The zero-order valence-electron chi connectivity index (χ0n) is 3.85. The van der Waals surface area contributed by atoms with Crippen LogP contribution in [0.25, 0.3) is 0 Å². The van der Waals surface area contributed by atoms with Crippen LogP contribution in [0.1, 0.15) is 0 Å². The van der Waals surface area contributed by atoms with Crippen molar-refractivity contribution in [2.45, 2.75) is 0 Å². The Labute approximate surface area is 53.8 Å². The topological polar surface area (TPSA) is 79.6 Å². The zero-order valence-corrected chi connectivity index (χ0v) is 5.44. The number of aromatic amines is 1. The van der Waals surface area contributed by atoms with Gasteiger partial charge >= 0.3 is 0 Å². The van der Waals surface area contributed by atoms with Crippen molar-refractivity contribution in [1.82, 2.24) is 15.2 Å². The molecule has 0 spiro atoms. The number of H-pyrrole nitrogens is 1. The van der Waals surface area contributed by atoms with Crippen molar-refractivity contribution >= 4 is 21.9 Å². The Hall–Kier alpha value is -0.620. The summed E-state index contributed by atoms with van der Waals surface area (Å²) in [7, 11) is 0. The second-order valence-electron chi connectivity index (χ2n) is 1.09. The molecule has 0 aliphatic carbocycles. The van der Waals surface area contributed by atoms with Crippen LogP contribution in [0.2, 0.25) is 0 Å². The standard InChI is InChI=1S/C2H4BrN5/c3-1-5-2(6-4)8-7-1/h4H2,(H2,5,6,7,8). The average Bonchev–Trinajstić information content (AvgIpc) is 2.14. The number of aromatic nitrogens is 3. The molecular weight excluding hydrogens is 174 g/mol. The van der Waals surface area contributed by atoms with Crippen LogP contribution >= 0.6 is 15.9 Å². The fourth-order valence-corrected chi connectivity index (χ4v) is 0.563. The van der Waals surface area contributed by atoms with Crippen LogP contribution in [0.5, 0.6) is 0 Å². The van der Waals surface area contributed by atoms with Crippen LogP contribution in [0.4, 0.5) is 5.95 Å². The van der Waals surface area contributed by atoms with Gasteiger partial charge in [-0.1, -0.05) is 0 Å². The number of nitrogens with two attached hydrogens (primary N) is 1. The van der Waals surface area contributed by atoms with E-state index in [4.69, 9.17) is 5.84 Å². The quantitative estimate of drug-likeness (QED) is 0.412. The monoisotopic (exact) mass is 177 g/mol. The molecule has 6 heteroatoms. The molecule has 0 saturated carbocycles. The van der Waals surface area contributed by atoms with Crippen molar-refractivity contribution in [2.75, 3.05) is 5.43 Å². The van der Waals surface area contributed by atoms with Gasteiger partial charge in [-0.25, -0.2) is 5.84 Å². The zero-order chi connectivity index (χ0) is 5.98. The number of hydrogen-bond donors (Lipinski definition) is 3. The molecule has 8 heavy (non-hydrogen) atoms. The molecule has 44 valence electrons. The van der Waals surface area contributed by atoms with Crippen LogP contribution < -0.4 is 11.3 Å². The minimum absolute atomic E-state index is 0.372. The second-order valence-corrected chi connectivity index (χ2v) is 1.85. The van der Waals surface area contributed by atoms with Gasteiger partial charge in [-0.05, 0) is 15.9 Å². The molecular formula is C2H4BrN5. The summed E-state index contributed by atoms with van der Waals surface area (Å²) in [5.74, 6) is 5.32. The van der Waals surface area contributed by atoms with Gasteiger partial charge in [0.25, 0.3) is 5.95 Å². The van der Waals surface area contributed by atoms with Crippen molar-refractivity contribution in [2.24, 2.45) is 5.84 Å². The summed E-state index contributed by atoms with van der Waals surface area (Å²) in [6, 6.07) is 0. The summed E-state index contributed by atoms with van der Waals surface area (Å²) in [5.41, 5.74) is 2.26. The van der Waals surface area contributed by atoms with Crippen LogP contribution in [0, 0.1) is 0 Å². The van der Waals surface area contributed by atoms with Crippen molar-refractivity contribution in [1.29, 1.82) is 0 Å². The molecule has 0 bridgehead atoms. The largest absolute Gasteiger partial charge is 0.291 e. The molecule has 1 rings (SSSR count). The molecule has 0 aliphatic heterocycles. The lowest BCUT2D eigenvalue weighted by atomic mass is 11.1. The van der Waals surface area contributed by atoms with Gasteiger partial charge in [-0.15, -0.1) is 5.10 Å². The number of hydrogen-bond acceptors (Lipinski definition) is 4. The number of hydrazine groups is 1. The molecule has 4 N–H and O–H groups in total. The highest BCUT2D eigenvalue weighted by atomic mass is 79.9. The van der Waals surface area contributed by atoms with Crippen LogP contribution in [0.15, 0.2) is 4.73 Å². The molecule has 0 amide bonds. The highest BCUT2D eigenvalue weighted by molar-refractivity contribution is 9.10. The maximum atomic E-state index is 4.95. The maximum Gasteiger partial charge on any atom is 0.257 e. The molecule has 0 atom stereocenters. The number of anilines is 1. The first-order valence-electron chi connectivity index (χ1n) is 1.87. The van der Waals surface area contributed by atoms with E-state index < -0.39 is 0 Å². The van der Waals surface area contributed by atoms with E-state index >= 15 is 0 Å². The predicted molar refractivity (Wildman–Crippen MR) is 31.9 cm³/mol. The normalized spacial score (nSPS) is 9.25. The van der Waals surface area contributed by atoms with E-state index in [1.807, 2.05) is 0 Å². The van der Waals surface area contributed by atoms with Gasteiger partial charge in [0.05, 0.1) is 0 Å². The number of nitrogens with one attached hydrogen (secondary N) is 2. The van der Waals surface area contributed by atoms with E-state index in [0.29, 0.717) is 10.7 Å². The minimum atomic E-state index is 0.372. The van der Waals surface area contributed by atoms with Gasteiger partial charge in [0.15, 0.2) is 4.73 Å². The molecule has 0 radical (unpaired) electrons. The summed E-state index contributed by atoms with van der Waals surface area (Å²) < 4.78 is 0.561. The molecule has 0 unspecified atom stereocenters. The van der Waals surface area contributed by atoms with Gasteiger partial charge in [-0.3, -0.25) is 10.5 Å². The SMILES string of the molecule is NNc1n[nH]c(Br)n1. The summed E-state index contributed by atoms with van der Waals surface area (Å²) in [6.07, 6.45) is 0. The lowest BCUT2D eigenvalue weighted by molar-refractivity contribution is 1.06. The maximum absolute atomic E-state index is 4.95. The minimum Gasteiger partial charge on any atom is -0.291 e. The van der Waals surface area contributed by atoms with Gasteiger partial charge in [0, 0.05) is 0 Å². The molecule has 1 heterocycles. The fraction of sp³-hybridized carbons (Fsp3) is 0. The summed E-state index contributed by atoms with van der Waals surface area (Å²) in [6.45, 7) is 0. The Morgan fingerprint density at radius 3 is 2.75 bits per heavy atom. The molecule has 1 aromatic rings. The fourth-order valence-electron chi connectivity index (χ4n) is 0.307. The predicted octanol–water partition coefficient (Wildman–Crippen LogP) is -0.147. The number of halogens is 1. The van der Waals surface area contributed by atoms with Crippen LogP contribution in [-0.4, -0.2) is 15.2 Å². The molecule has 1 aromatic heterocycles. The van der Waals surface area contributed by atoms with Crippen LogP contribution in [0.3, 0.4) is 0 Å². The third kappa shape index (κ3) is 0.958. The van der Waals surface area contributed by atoms with E-state index in [9.17, 15) is 0 Å². The van der Waals surface area contributed by atoms with Gasteiger partial charge in [0.1, 0.15) is 0 Å². The molecule has 5 nitrogen and oxygen atoms in total. The van der Waals surface area contributed by atoms with Gasteiger partial charge in [-0.2, -0.15) is 4.98 Å². The molecule has 0 fully saturated rings. The summed E-state index contributed by atoms with van der Waals surface area (Å²) in [5, 5.41) is 6.15. The Morgan fingerprint density at radius 2 is 2.50 bits per heavy atom. The summed E-state index contributed by atoms with van der Waals surface area (Å²) in [4.78, 5) is 3.74. The average molecular weight is 178 g/mol. The third-order valence-corrected chi connectivity index (χ3v) is 0.942. The number of nitrogens with zero attached hydrogens (tertiary/aromatic N) is 2. The Morgan fingerprint density at radius 1 is 1.75 bits per heavy atom. The molecule has 0 aliphatic rings. The Kier molecular flexibility index (Phi) is 1.45. The first-order chi connectivity index (χ1) is 3.83. The first-order valence-corrected chi connectivity index (χ1v) is 2.67. The van der Waals surface area contributed by atoms with Crippen molar-refractivity contribution in [3.05, 3.63) is 4.73 Å². The van der Waals surface area contributed by atoms with Crippen molar-refractivity contribution in [3.8, 4) is 0 Å². The van der Waals surface area contributed by atoms with E-state index in [2.05, 4.69) is 36.5 Å². The van der Waals surface area contributed by atoms with Gasteiger partial charge < -0.3 is 0 Å². The summed E-state index contributed by atoms with van der Waals surface area (Å²) >= 11 is 3.05. The lowest BCUT2D eigenvalue weighted by Gasteiger charge is -1.82. The third-order valence-electron chi connectivity index (χ3n) is 0.587. The first kappa shape index (κ1) is 5.52. The van der Waals surface area contributed by atoms with Gasteiger partial charge in [0.2, 0.25) is 0 Å².